The predicted molar refractivity (Wildman–Crippen MR) is 94.0 cm³/mol. The molecule has 24 heavy (non-hydrogen) atoms. The lowest BCUT2D eigenvalue weighted by Gasteiger charge is -2.03. The van der Waals surface area contributed by atoms with Crippen molar-refractivity contribution in [1.82, 2.24) is 4.98 Å². The molecule has 2 aromatic carbocycles. The Kier molecular flexibility index (Phi) is 4.77. The molecule has 122 valence electrons. The van der Waals surface area contributed by atoms with Crippen molar-refractivity contribution in [3.8, 4) is 11.5 Å². The lowest BCUT2D eigenvalue weighted by atomic mass is 10.1. The number of ether oxygens (including phenoxy) is 1. The zero-order valence-corrected chi connectivity index (χ0v) is 13.8. The second kappa shape index (κ2) is 7.14. The topological polar surface area (TPSA) is 71.5 Å². The number of hydrogen-bond donors (Lipinski definition) is 2. The Labute approximate surface area is 143 Å². The first-order valence-corrected chi connectivity index (χ1v) is 8.20. The van der Waals surface area contributed by atoms with E-state index in [1.165, 1.54) is 23.5 Å². The fraction of sp³-hybridized carbons (Fsp3) is 0.111. The minimum atomic E-state index is -0.266. The zero-order chi connectivity index (χ0) is 16.9. The molecular weight excluding hydrogens is 324 g/mol. The van der Waals surface area contributed by atoms with Crippen molar-refractivity contribution in [2.24, 2.45) is 0 Å². The number of nitrogens with zero attached hydrogens (tertiary/aromatic N) is 1. The summed E-state index contributed by atoms with van der Waals surface area (Å²) in [5.74, 6) is 0.702. The van der Waals surface area contributed by atoms with Crippen LogP contribution in [0.2, 0.25) is 0 Å². The number of nitrogens with one attached hydrogen (secondary N) is 1. The summed E-state index contributed by atoms with van der Waals surface area (Å²) in [5, 5.41) is 14.6. The Balaban J connectivity index is 1.65. The molecule has 0 unspecified atom stereocenters. The van der Waals surface area contributed by atoms with Crippen LogP contribution >= 0.6 is 11.3 Å². The Morgan fingerprint density at radius 2 is 1.88 bits per heavy atom. The second-order valence-corrected chi connectivity index (χ2v) is 6.09. The fourth-order valence-electron chi connectivity index (χ4n) is 2.15. The first-order valence-electron chi connectivity index (χ1n) is 7.32. The number of aromatic hydroxyl groups is 1. The molecule has 0 saturated carbocycles. The maximum absolute atomic E-state index is 12.2. The van der Waals surface area contributed by atoms with Gasteiger partial charge in [0.1, 0.15) is 17.2 Å². The number of amides is 1. The van der Waals surface area contributed by atoms with Crippen molar-refractivity contribution in [3.05, 3.63) is 70.2 Å². The van der Waals surface area contributed by atoms with Crippen molar-refractivity contribution < 1.29 is 14.6 Å². The average molecular weight is 340 g/mol. The van der Waals surface area contributed by atoms with Crippen LogP contribution in [0.25, 0.3) is 0 Å². The predicted octanol–water partition coefficient (Wildman–Crippen LogP) is 3.70. The molecule has 0 atom stereocenters. The van der Waals surface area contributed by atoms with E-state index in [0.29, 0.717) is 17.8 Å². The molecule has 3 rings (SSSR count). The van der Waals surface area contributed by atoms with Gasteiger partial charge >= 0.3 is 0 Å². The lowest BCUT2D eigenvalue weighted by molar-refractivity contribution is 0.102. The van der Waals surface area contributed by atoms with Gasteiger partial charge in [0.15, 0.2) is 0 Å². The van der Waals surface area contributed by atoms with Crippen molar-refractivity contribution in [3.63, 3.8) is 0 Å². The van der Waals surface area contributed by atoms with Crippen LogP contribution in [0, 0.1) is 0 Å². The summed E-state index contributed by atoms with van der Waals surface area (Å²) >= 11 is 1.45. The number of rotatable bonds is 5. The third-order valence-corrected chi connectivity index (χ3v) is 4.27. The third kappa shape index (κ3) is 3.91. The van der Waals surface area contributed by atoms with Gasteiger partial charge in [-0.25, -0.2) is 4.98 Å². The highest BCUT2D eigenvalue weighted by Crippen LogP contribution is 2.19. The van der Waals surface area contributed by atoms with Crippen molar-refractivity contribution in [2.75, 3.05) is 12.4 Å². The molecule has 0 spiro atoms. The van der Waals surface area contributed by atoms with Crippen LogP contribution in [-0.4, -0.2) is 23.1 Å². The maximum Gasteiger partial charge on any atom is 0.275 e. The van der Waals surface area contributed by atoms with Gasteiger partial charge in [0.05, 0.1) is 12.1 Å². The Bertz CT molecular complexity index is 826. The Morgan fingerprint density at radius 3 is 2.54 bits per heavy atom. The van der Waals surface area contributed by atoms with E-state index in [2.05, 4.69) is 10.3 Å². The minimum absolute atomic E-state index is 0.156. The first-order chi connectivity index (χ1) is 11.6. The highest BCUT2D eigenvalue weighted by molar-refractivity contribution is 7.09. The highest BCUT2D eigenvalue weighted by Gasteiger charge is 2.11. The number of carbonyl (C=O) groups is 1. The molecular formula is C18H16N2O3S. The number of hydrogen-bond acceptors (Lipinski definition) is 5. The number of phenolic OH excluding ortho intramolecular Hbond substituents is 1. The van der Waals surface area contributed by atoms with Gasteiger partial charge in [0.25, 0.3) is 5.91 Å². The number of benzene rings is 2. The maximum atomic E-state index is 12.2. The normalized spacial score (nSPS) is 10.4. The number of thiazole rings is 1. The molecule has 0 aliphatic rings. The van der Waals surface area contributed by atoms with E-state index < -0.39 is 0 Å². The SMILES string of the molecule is COc1ccc(Cc2nc(C(=O)Nc3ccc(O)cc3)cs2)cc1. The van der Waals surface area contributed by atoms with E-state index >= 15 is 0 Å². The molecule has 0 aliphatic carbocycles. The molecule has 2 N–H and O–H groups in total. The van der Waals surface area contributed by atoms with Crippen molar-refractivity contribution in [1.29, 1.82) is 0 Å². The fourth-order valence-corrected chi connectivity index (χ4v) is 2.96. The van der Waals surface area contributed by atoms with E-state index in [9.17, 15) is 9.90 Å². The number of phenols is 1. The molecule has 1 aromatic heterocycles. The number of methoxy groups -OCH3 is 1. The molecule has 0 saturated heterocycles. The summed E-state index contributed by atoms with van der Waals surface area (Å²) in [6.45, 7) is 0. The minimum Gasteiger partial charge on any atom is -0.508 e. The van der Waals surface area contributed by atoms with Crippen LogP contribution in [0.3, 0.4) is 0 Å². The van der Waals surface area contributed by atoms with Crippen molar-refractivity contribution in [2.45, 2.75) is 6.42 Å². The molecule has 6 heteroatoms. The number of carbonyl (C=O) groups excluding carboxylic acids is 1. The molecule has 0 fully saturated rings. The van der Waals surface area contributed by atoms with Gasteiger partial charge in [0, 0.05) is 17.5 Å². The van der Waals surface area contributed by atoms with Crippen LogP contribution in [0.15, 0.2) is 53.9 Å². The van der Waals surface area contributed by atoms with Crippen LogP contribution in [0.5, 0.6) is 11.5 Å². The Morgan fingerprint density at radius 1 is 1.17 bits per heavy atom. The molecule has 0 radical (unpaired) electrons. The average Bonchev–Trinajstić information content (AvgIpc) is 3.06. The van der Waals surface area contributed by atoms with Gasteiger partial charge in [-0.05, 0) is 42.0 Å². The van der Waals surface area contributed by atoms with E-state index in [4.69, 9.17) is 4.74 Å². The van der Waals surface area contributed by atoms with Gasteiger partial charge in [-0.1, -0.05) is 12.1 Å². The smallest absolute Gasteiger partial charge is 0.275 e. The summed E-state index contributed by atoms with van der Waals surface area (Å²) in [4.78, 5) is 16.6. The van der Waals surface area contributed by atoms with E-state index in [-0.39, 0.29) is 11.7 Å². The van der Waals surface area contributed by atoms with Crippen LogP contribution in [0.1, 0.15) is 21.1 Å². The number of aromatic nitrogens is 1. The summed E-state index contributed by atoms with van der Waals surface area (Å²) in [6.07, 6.45) is 0.668. The van der Waals surface area contributed by atoms with Crippen molar-refractivity contribution >= 4 is 22.9 Å². The summed E-state index contributed by atoms with van der Waals surface area (Å²) in [5.41, 5.74) is 2.11. The second-order valence-electron chi connectivity index (χ2n) is 5.15. The molecule has 0 aliphatic heterocycles. The molecule has 1 amide bonds. The molecule has 1 heterocycles. The lowest BCUT2D eigenvalue weighted by Crippen LogP contribution is -2.12. The van der Waals surface area contributed by atoms with Crippen LogP contribution in [0.4, 0.5) is 5.69 Å². The largest absolute Gasteiger partial charge is 0.508 e. The van der Waals surface area contributed by atoms with Gasteiger partial charge < -0.3 is 15.2 Å². The zero-order valence-electron chi connectivity index (χ0n) is 13.0. The van der Waals surface area contributed by atoms with Crippen LogP contribution < -0.4 is 10.1 Å². The standard InChI is InChI=1S/C18H16N2O3S/c1-23-15-8-2-12(3-9-15)10-17-20-16(11-24-17)18(22)19-13-4-6-14(21)7-5-13/h2-9,11,21H,10H2,1H3,(H,19,22). The van der Waals surface area contributed by atoms with E-state index in [1.807, 2.05) is 24.3 Å². The summed E-state index contributed by atoms with van der Waals surface area (Å²) < 4.78 is 5.14. The van der Waals surface area contributed by atoms with Gasteiger partial charge in [0.2, 0.25) is 0 Å². The molecule has 3 aromatic rings. The van der Waals surface area contributed by atoms with E-state index in [1.54, 1.807) is 24.6 Å². The van der Waals surface area contributed by atoms with Gasteiger partial charge in [-0.2, -0.15) is 0 Å². The van der Waals surface area contributed by atoms with Gasteiger partial charge in [-0.15, -0.1) is 11.3 Å². The molecule has 5 nitrogen and oxygen atoms in total. The monoisotopic (exact) mass is 340 g/mol. The Hall–Kier alpha value is -2.86. The van der Waals surface area contributed by atoms with Crippen LogP contribution in [-0.2, 0) is 6.42 Å². The van der Waals surface area contributed by atoms with Gasteiger partial charge in [-0.3, -0.25) is 4.79 Å². The summed E-state index contributed by atoms with van der Waals surface area (Å²) in [7, 11) is 1.63. The summed E-state index contributed by atoms with van der Waals surface area (Å²) in [6, 6.07) is 14.1. The van der Waals surface area contributed by atoms with E-state index in [0.717, 1.165) is 16.3 Å². The molecule has 0 bridgehead atoms. The highest BCUT2D eigenvalue weighted by atomic mass is 32.1. The number of anilines is 1. The quantitative estimate of drug-likeness (QED) is 0.695. The first kappa shape index (κ1) is 16.0. The third-order valence-electron chi connectivity index (χ3n) is 3.42.